The van der Waals surface area contributed by atoms with Gasteiger partial charge in [0.25, 0.3) is 5.91 Å². The summed E-state index contributed by atoms with van der Waals surface area (Å²) >= 11 is 0. The molecule has 2 aliphatic rings. The van der Waals surface area contributed by atoms with Crippen molar-refractivity contribution in [2.75, 3.05) is 52.8 Å². The fourth-order valence-electron chi connectivity index (χ4n) is 6.53. The van der Waals surface area contributed by atoms with Crippen molar-refractivity contribution < 1.29 is 23.8 Å². The van der Waals surface area contributed by atoms with Crippen molar-refractivity contribution in [1.82, 2.24) is 14.7 Å². The van der Waals surface area contributed by atoms with Crippen LogP contribution in [0.1, 0.15) is 39.9 Å². The number of rotatable bonds is 11. The Kier molecular flexibility index (Phi) is 10.6. The summed E-state index contributed by atoms with van der Waals surface area (Å²) in [4.78, 5) is 32.4. The van der Waals surface area contributed by atoms with E-state index in [-0.39, 0.29) is 12.0 Å². The van der Waals surface area contributed by atoms with Crippen molar-refractivity contribution in [2.24, 2.45) is 0 Å². The normalized spacial score (nSPS) is 15.1. The lowest BCUT2D eigenvalue weighted by molar-refractivity contribution is 0.0540. The molecule has 6 rings (SSSR count). The van der Waals surface area contributed by atoms with Gasteiger partial charge in [-0.3, -0.25) is 15.0 Å². The summed E-state index contributed by atoms with van der Waals surface area (Å²) in [6.45, 7) is 5.52. The van der Waals surface area contributed by atoms with Crippen LogP contribution in [0.3, 0.4) is 0 Å². The quantitative estimate of drug-likeness (QED) is 0.195. The van der Waals surface area contributed by atoms with E-state index in [1.54, 1.807) is 19.1 Å². The standard InChI is InChI=1S/C39H44N4O5/c1-41(38(44)30-15-13-28(14-16-30)25-43-26-31-23-36(46-2)37(47-3)24-32(31)27-43)21-22-42-19-17-33(18-20-42)48-39(45)40-35-12-8-7-11-34(35)29-9-5-4-6-10-29/h4-16,23-24,33H,17-22,25-27H2,1-3H3,(H,40,45). The van der Waals surface area contributed by atoms with Crippen LogP contribution >= 0.6 is 0 Å². The highest BCUT2D eigenvalue weighted by molar-refractivity contribution is 5.94. The number of para-hydroxylation sites is 1. The molecule has 0 aliphatic carbocycles. The minimum Gasteiger partial charge on any atom is -0.493 e. The zero-order valence-electron chi connectivity index (χ0n) is 28.0. The minimum atomic E-state index is -0.431. The predicted molar refractivity (Wildman–Crippen MR) is 187 cm³/mol. The average Bonchev–Trinajstić information content (AvgIpc) is 3.52. The fraction of sp³-hybridized carbons (Fsp3) is 0.333. The number of likely N-dealkylation sites (N-methyl/N-ethyl adjacent to an activating group) is 1. The number of benzene rings is 4. The molecular formula is C39H44N4O5. The number of nitrogens with one attached hydrogen (secondary N) is 1. The third kappa shape index (κ3) is 7.98. The molecule has 9 heteroatoms. The first-order chi connectivity index (χ1) is 23.4. The largest absolute Gasteiger partial charge is 0.493 e. The second kappa shape index (κ2) is 15.4. The molecular weight excluding hydrogens is 604 g/mol. The number of hydrogen-bond acceptors (Lipinski definition) is 7. The Hall–Kier alpha value is -4.86. The minimum absolute atomic E-state index is 0.0139. The van der Waals surface area contributed by atoms with Gasteiger partial charge in [-0.2, -0.15) is 0 Å². The second-order valence-corrected chi connectivity index (χ2v) is 12.5. The summed E-state index contributed by atoms with van der Waals surface area (Å²) in [5.74, 6) is 1.52. The summed E-state index contributed by atoms with van der Waals surface area (Å²) in [5, 5.41) is 2.94. The van der Waals surface area contributed by atoms with Crippen molar-refractivity contribution in [3.63, 3.8) is 0 Å². The zero-order chi connectivity index (χ0) is 33.5. The highest BCUT2D eigenvalue weighted by Crippen LogP contribution is 2.35. The van der Waals surface area contributed by atoms with Crippen LogP contribution in [-0.2, 0) is 24.4 Å². The Morgan fingerprint density at radius 1 is 0.812 bits per heavy atom. The molecule has 9 nitrogen and oxygen atoms in total. The number of nitrogens with zero attached hydrogens (tertiary/aromatic N) is 3. The van der Waals surface area contributed by atoms with Crippen LogP contribution < -0.4 is 14.8 Å². The first kappa shape index (κ1) is 33.1. The summed E-state index contributed by atoms with van der Waals surface area (Å²) in [6, 6.07) is 29.8. The smallest absolute Gasteiger partial charge is 0.411 e. The molecule has 0 spiro atoms. The molecule has 0 unspecified atom stereocenters. The zero-order valence-corrected chi connectivity index (χ0v) is 28.0. The summed E-state index contributed by atoms with van der Waals surface area (Å²) in [6.07, 6.45) is 0.954. The van der Waals surface area contributed by atoms with Crippen molar-refractivity contribution in [3.05, 3.63) is 113 Å². The lowest BCUT2D eigenvalue weighted by atomic mass is 10.0. The highest BCUT2D eigenvalue weighted by atomic mass is 16.6. The molecule has 1 saturated heterocycles. The summed E-state index contributed by atoms with van der Waals surface area (Å²) in [5.41, 5.74) is 7.08. The average molecular weight is 649 g/mol. The highest BCUT2D eigenvalue weighted by Gasteiger charge is 2.24. The molecule has 2 amide bonds. The van der Waals surface area contributed by atoms with Crippen molar-refractivity contribution >= 4 is 17.7 Å². The lowest BCUT2D eigenvalue weighted by Gasteiger charge is -2.32. The van der Waals surface area contributed by atoms with Crippen LogP contribution in [-0.4, -0.2) is 80.3 Å². The van der Waals surface area contributed by atoms with Crippen LogP contribution in [0, 0.1) is 0 Å². The van der Waals surface area contributed by atoms with E-state index in [4.69, 9.17) is 14.2 Å². The van der Waals surface area contributed by atoms with Gasteiger partial charge in [-0.05, 0) is 65.4 Å². The number of carbonyl (C=O) groups excluding carboxylic acids is 2. The van der Waals surface area contributed by atoms with Crippen molar-refractivity contribution in [2.45, 2.75) is 38.6 Å². The van der Waals surface area contributed by atoms with Crippen LogP contribution in [0.2, 0.25) is 0 Å². The van der Waals surface area contributed by atoms with Crippen molar-refractivity contribution in [1.29, 1.82) is 0 Å². The maximum absolute atomic E-state index is 13.2. The third-order valence-electron chi connectivity index (χ3n) is 9.26. The number of ether oxygens (including phenoxy) is 3. The fourth-order valence-corrected chi connectivity index (χ4v) is 6.53. The molecule has 48 heavy (non-hydrogen) atoms. The van der Waals surface area contributed by atoms with Gasteiger partial charge < -0.3 is 24.0 Å². The van der Waals surface area contributed by atoms with E-state index in [2.05, 4.69) is 27.2 Å². The van der Waals surface area contributed by atoms with Gasteiger partial charge in [0.1, 0.15) is 6.10 Å². The number of methoxy groups -OCH3 is 2. The third-order valence-corrected chi connectivity index (χ3v) is 9.26. The number of carbonyl (C=O) groups is 2. The molecule has 0 radical (unpaired) electrons. The molecule has 0 saturated carbocycles. The van der Waals surface area contributed by atoms with E-state index in [0.717, 1.165) is 80.4 Å². The van der Waals surface area contributed by atoms with E-state index in [0.29, 0.717) is 12.1 Å². The Morgan fingerprint density at radius 2 is 1.44 bits per heavy atom. The van der Waals surface area contributed by atoms with Gasteiger partial charge in [0, 0.05) is 64.0 Å². The van der Waals surface area contributed by atoms with Gasteiger partial charge in [-0.25, -0.2) is 4.79 Å². The molecule has 1 fully saturated rings. The van der Waals surface area contributed by atoms with Gasteiger partial charge in [0.05, 0.1) is 19.9 Å². The SMILES string of the molecule is COc1cc2c(cc1OC)CN(Cc1ccc(C(=O)N(C)CCN3CCC(OC(=O)Nc4ccccc4-c4ccccc4)CC3)cc1)C2. The summed E-state index contributed by atoms with van der Waals surface area (Å²) in [7, 11) is 5.18. The number of hydrogen-bond donors (Lipinski definition) is 1. The van der Waals surface area contributed by atoms with E-state index < -0.39 is 6.09 Å². The molecule has 2 aliphatic heterocycles. The second-order valence-electron chi connectivity index (χ2n) is 12.5. The molecule has 2 heterocycles. The Labute approximate surface area is 283 Å². The first-order valence-corrected chi connectivity index (χ1v) is 16.5. The maximum atomic E-state index is 13.2. The van der Waals surface area contributed by atoms with E-state index in [1.165, 1.54) is 16.7 Å². The Morgan fingerprint density at radius 3 is 2.08 bits per heavy atom. The summed E-state index contributed by atoms with van der Waals surface area (Å²) < 4.78 is 16.7. The van der Waals surface area contributed by atoms with E-state index in [1.807, 2.05) is 85.9 Å². The van der Waals surface area contributed by atoms with Crippen LogP contribution in [0.15, 0.2) is 91.0 Å². The van der Waals surface area contributed by atoms with Gasteiger partial charge in [-0.15, -0.1) is 0 Å². The van der Waals surface area contributed by atoms with Crippen LogP contribution in [0.4, 0.5) is 10.5 Å². The maximum Gasteiger partial charge on any atom is 0.411 e. The lowest BCUT2D eigenvalue weighted by Crippen LogP contribution is -2.42. The molecule has 0 bridgehead atoms. The number of anilines is 1. The molecule has 0 aromatic heterocycles. The topological polar surface area (TPSA) is 83.6 Å². The Bertz CT molecular complexity index is 1670. The van der Waals surface area contributed by atoms with E-state index in [9.17, 15) is 9.59 Å². The molecule has 250 valence electrons. The molecule has 1 N–H and O–H groups in total. The van der Waals surface area contributed by atoms with Gasteiger partial charge in [-0.1, -0.05) is 60.7 Å². The van der Waals surface area contributed by atoms with Gasteiger partial charge in [0.15, 0.2) is 11.5 Å². The van der Waals surface area contributed by atoms with Crippen LogP contribution in [0.25, 0.3) is 11.1 Å². The van der Waals surface area contributed by atoms with Gasteiger partial charge >= 0.3 is 6.09 Å². The number of likely N-dealkylation sites (tertiary alicyclic amines) is 1. The number of amides is 2. The Balaban J connectivity index is 0.919. The molecule has 0 atom stereocenters. The number of piperidine rings is 1. The molecule has 4 aromatic carbocycles. The first-order valence-electron chi connectivity index (χ1n) is 16.5. The van der Waals surface area contributed by atoms with Crippen molar-refractivity contribution in [3.8, 4) is 22.6 Å². The molecule has 4 aromatic rings. The predicted octanol–water partition coefficient (Wildman–Crippen LogP) is 6.67. The monoisotopic (exact) mass is 648 g/mol. The number of fused-ring (bicyclic) bond motifs is 1. The van der Waals surface area contributed by atoms with Crippen LogP contribution in [0.5, 0.6) is 11.5 Å². The van der Waals surface area contributed by atoms with Gasteiger partial charge in [0.2, 0.25) is 0 Å². The van der Waals surface area contributed by atoms with E-state index >= 15 is 0 Å².